The van der Waals surface area contributed by atoms with Crippen molar-refractivity contribution in [1.29, 1.82) is 0 Å². The minimum Gasteiger partial charge on any atom is -0.356 e. The van der Waals surface area contributed by atoms with Crippen LogP contribution in [-0.4, -0.2) is 25.5 Å². The summed E-state index contributed by atoms with van der Waals surface area (Å²) < 4.78 is 0. The number of hydrogen-bond acceptors (Lipinski definition) is 2. The highest BCUT2D eigenvalue weighted by molar-refractivity contribution is 5.76. The number of hydrogen-bond donors (Lipinski definition) is 2. The van der Waals surface area contributed by atoms with E-state index < -0.39 is 0 Å². The fraction of sp³-hybridized carbons (Fsp3) is 0.933. The Hall–Kier alpha value is -0.570. The highest BCUT2D eigenvalue weighted by Crippen LogP contribution is 2.25. The molecule has 1 heterocycles. The fourth-order valence-electron chi connectivity index (χ4n) is 3.25. The maximum atomic E-state index is 11.9. The van der Waals surface area contributed by atoms with Crippen LogP contribution in [0.4, 0.5) is 0 Å². The van der Waals surface area contributed by atoms with Crippen LogP contribution in [0.25, 0.3) is 0 Å². The third kappa shape index (κ3) is 4.97. The van der Waals surface area contributed by atoms with E-state index >= 15 is 0 Å². The van der Waals surface area contributed by atoms with Gasteiger partial charge in [0, 0.05) is 13.0 Å². The molecule has 2 N–H and O–H groups in total. The molecule has 0 aromatic heterocycles. The molecule has 1 aliphatic heterocycles. The van der Waals surface area contributed by atoms with Gasteiger partial charge in [-0.1, -0.05) is 25.7 Å². The van der Waals surface area contributed by atoms with E-state index in [2.05, 4.69) is 10.6 Å². The summed E-state index contributed by atoms with van der Waals surface area (Å²) in [5, 5.41) is 6.52. The zero-order valence-corrected chi connectivity index (χ0v) is 11.5. The Kier molecular flexibility index (Phi) is 5.98. The monoisotopic (exact) mass is 252 g/mol. The molecule has 0 atom stereocenters. The summed E-state index contributed by atoms with van der Waals surface area (Å²) in [7, 11) is 0. The van der Waals surface area contributed by atoms with Crippen molar-refractivity contribution in [2.75, 3.05) is 19.6 Å². The lowest BCUT2D eigenvalue weighted by atomic mass is 9.95. The summed E-state index contributed by atoms with van der Waals surface area (Å²) in [4.78, 5) is 11.9. The van der Waals surface area contributed by atoms with Crippen molar-refractivity contribution in [3.63, 3.8) is 0 Å². The van der Waals surface area contributed by atoms with Gasteiger partial charge in [-0.25, -0.2) is 0 Å². The van der Waals surface area contributed by atoms with E-state index in [0.29, 0.717) is 17.7 Å². The maximum Gasteiger partial charge on any atom is 0.220 e. The van der Waals surface area contributed by atoms with Crippen LogP contribution in [-0.2, 0) is 4.79 Å². The van der Waals surface area contributed by atoms with E-state index in [-0.39, 0.29) is 0 Å². The molecular weight excluding hydrogens is 224 g/mol. The molecule has 0 aromatic carbocycles. The van der Waals surface area contributed by atoms with Gasteiger partial charge in [-0.15, -0.1) is 0 Å². The van der Waals surface area contributed by atoms with E-state index in [1.807, 2.05) is 0 Å². The molecule has 0 unspecified atom stereocenters. The highest BCUT2D eigenvalue weighted by atomic mass is 16.1. The van der Waals surface area contributed by atoms with E-state index in [0.717, 1.165) is 26.1 Å². The molecule has 1 aliphatic carbocycles. The van der Waals surface area contributed by atoms with E-state index in [1.165, 1.54) is 51.4 Å². The minimum atomic E-state index is 0.292. The quantitative estimate of drug-likeness (QED) is 0.755. The highest BCUT2D eigenvalue weighted by Gasteiger charge is 2.17. The molecular formula is C15H28N2O. The third-order valence-corrected chi connectivity index (χ3v) is 4.50. The molecule has 0 spiro atoms. The molecule has 18 heavy (non-hydrogen) atoms. The van der Waals surface area contributed by atoms with E-state index in [1.54, 1.807) is 0 Å². The molecule has 2 aliphatic rings. The second-order valence-corrected chi connectivity index (χ2v) is 6.06. The summed E-state index contributed by atoms with van der Waals surface area (Å²) >= 11 is 0. The van der Waals surface area contributed by atoms with Crippen LogP contribution < -0.4 is 10.6 Å². The number of amides is 1. The van der Waals surface area contributed by atoms with Gasteiger partial charge in [-0.3, -0.25) is 4.79 Å². The number of nitrogens with one attached hydrogen (secondary N) is 2. The first kappa shape index (κ1) is 13.9. The summed E-state index contributed by atoms with van der Waals surface area (Å²) in [5.74, 6) is 1.64. The predicted molar refractivity (Wildman–Crippen MR) is 74.4 cm³/mol. The van der Waals surface area contributed by atoms with Crippen LogP contribution >= 0.6 is 0 Å². The molecule has 2 rings (SSSR count). The van der Waals surface area contributed by atoms with Gasteiger partial charge in [0.1, 0.15) is 0 Å². The normalized spacial score (nSPS) is 23.6. The van der Waals surface area contributed by atoms with Crippen LogP contribution in [0.5, 0.6) is 0 Å². The molecule has 2 fully saturated rings. The second kappa shape index (κ2) is 7.78. The first-order chi connectivity index (χ1) is 8.84. The Bertz CT molecular complexity index is 241. The van der Waals surface area contributed by atoms with E-state index in [9.17, 15) is 4.79 Å². The lowest BCUT2D eigenvalue weighted by Crippen LogP contribution is -2.36. The summed E-state index contributed by atoms with van der Waals surface area (Å²) in [5.41, 5.74) is 0. The number of carbonyl (C=O) groups is 1. The average molecular weight is 252 g/mol. The lowest BCUT2D eigenvalue weighted by Gasteiger charge is -2.23. The molecule has 0 radical (unpaired) electrons. The van der Waals surface area contributed by atoms with Gasteiger partial charge in [-0.05, 0) is 50.6 Å². The molecule has 0 bridgehead atoms. The smallest absolute Gasteiger partial charge is 0.220 e. The zero-order valence-electron chi connectivity index (χ0n) is 11.5. The summed E-state index contributed by atoms with van der Waals surface area (Å²) in [6, 6.07) is 0. The van der Waals surface area contributed by atoms with Crippen molar-refractivity contribution in [2.24, 2.45) is 11.8 Å². The third-order valence-electron chi connectivity index (χ3n) is 4.50. The van der Waals surface area contributed by atoms with Crippen LogP contribution in [0.3, 0.4) is 0 Å². The van der Waals surface area contributed by atoms with Gasteiger partial charge < -0.3 is 10.6 Å². The van der Waals surface area contributed by atoms with Crippen molar-refractivity contribution >= 4 is 5.91 Å². The van der Waals surface area contributed by atoms with Gasteiger partial charge in [0.25, 0.3) is 0 Å². The Labute approximate surface area is 111 Å². The first-order valence-corrected chi connectivity index (χ1v) is 7.82. The molecule has 3 heteroatoms. The SMILES string of the molecule is O=C(CC1CCCCCC1)NCC1CCNCC1. The first-order valence-electron chi connectivity index (χ1n) is 7.82. The van der Waals surface area contributed by atoms with Gasteiger partial charge in [0.15, 0.2) is 0 Å². The molecule has 3 nitrogen and oxygen atoms in total. The van der Waals surface area contributed by atoms with Crippen molar-refractivity contribution in [3.05, 3.63) is 0 Å². The van der Waals surface area contributed by atoms with Crippen molar-refractivity contribution in [3.8, 4) is 0 Å². The largest absolute Gasteiger partial charge is 0.356 e. The Balaban J connectivity index is 1.61. The zero-order chi connectivity index (χ0) is 12.6. The molecule has 0 aromatic rings. The number of rotatable bonds is 4. The standard InChI is InChI=1S/C15H28N2O/c18-15(11-13-5-3-1-2-4-6-13)17-12-14-7-9-16-10-8-14/h13-14,16H,1-12H2,(H,17,18). The second-order valence-electron chi connectivity index (χ2n) is 6.06. The molecule has 1 amide bonds. The van der Waals surface area contributed by atoms with Gasteiger partial charge >= 0.3 is 0 Å². The molecule has 104 valence electrons. The minimum absolute atomic E-state index is 0.292. The Morgan fingerprint density at radius 1 is 0.944 bits per heavy atom. The fourth-order valence-corrected chi connectivity index (χ4v) is 3.25. The Morgan fingerprint density at radius 3 is 2.28 bits per heavy atom. The summed E-state index contributed by atoms with van der Waals surface area (Å²) in [6.07, 6.45) is 11.1. The van der Waals surface area contributed by atoms with Crippen LogP contribution in [0.15, 0.2) is 0 Å². The topological polar surface area (TPSA) is 41.1 Å². The van der Waals surface area contributed by atoms with Crippen LogP contribution in [0.2, 0.25) is 0 Å². The van der Waals surface area contributed by atoms with Gasteiger partial charge in [0.05, 0.1) is 0 Å². The summed E-state index contributed by atoms with van der Waals surface area (Å²) in [6.45, 7) is 3.12. The predicted octanol–water partition coefficient (Wildman–Crippen LogP) is 2.46. The molecule has 1 saturated heterocycles. The van der Waals surface area contributed by atoms with Gasteiger partial charge in [0.2, 0.25) is 5.91 Å². The Morgan fingerprint density at radius 2 is 1.61 bits per heavy atom. The number of carbonyl (C=O) groups excluding carboxylic acids is 1. The lowest BCUT2D eigenvalue weighted by molar-refractivity contribution is -0.122. The van der Waals surface area contributed by atoms with Crippen LogP contribution in [0, 0.1) is 11.8 Å². The average Bonchev–Trinajstić information content (AvgIpc) is 2.66. The van der Waals surface area contributed by atoms with Crippen molar-refractivity contribution in [1.82, 2.24) is 10.6 Å². The van der Waals surface area contributed by atoms with Gasteiger partial charge in [-0.2, -0.15) is 0 Å². The van der Waals surface area contributed by atoms with Crippen molar-refractivity contribution in [2.45, 2.75) is 57.8 Å². The van der Waals surface area contributed by atoms with E-state index in [4.69, 9.17) is 0 Å². The van der Waals surface area contributed by atoms with Crippen LogP contribution in [0.1, 0.15) is 57.8 Å². The maximum absolute atomic E-state index is 11.9. The number of piperidine rings is 1. The van der Waals surface area contributed by atoms with Crippen molar-refractivity contribution < 1.29 is 4.79 Å². The molecule has 1 saturated carbocycles.